The van der Waals surface area contributed by atoms with Crippen LogP contribution in [0, 0.1) is 0 Å². The first kappa shape index (κ1) is 19.1. The monoisotopic (exact) mass is 385 g/mol. The first-order valence-corrected chi connectivity index (χ1v) is 7.54. The number of nitrogens with one attached hydrogen (secondary N) is 2. The van der Waals surface area contributed by atoms with Crippen LogP contribution in [0.2, 0.25) is 0 Å². The maximum absolute atomic E-state index is 12.7. The van der Waals surface area contributed by atoms with Crippen LogP contribution >= 0.6 is 11.8 Å². The summed E-state index contributed by atoms with van der Waals surface area (Å²) in [4.78, 5) is 27.1. The molecular formula is C13H9F6N3O2S. The number of aliphatic imine (C=N–C) groups is 1. The number of hydrogen-bond donors (Lipinski definition) is 2. The highest BCUT2D eigenvalue weighted by Crippen LogP contribution is 2.37. The Hall–Kier alpha value is -2.24. The standard InChI is InChI=1S/C13H9F6N3O2S/c14-12(15,16)6-3-7(13(17,18)19)5-8(4-6)21-9(23)10(24)22-11-20-1-2-25-11/h3-5H,1-2H2,(H,21,23)(H,20,22,24). The van der Waals surface area contributed by atoms with Gasteiger partial charge in [0.05, 0.1) is 17.7 Å². The van der Waals surface area contributed by atoms with Crippen molar-refractivity contribution in [2.45, 2.75) is 12.4 Å². The van der Waals surface area contributed by atoms with E-state index in [1.807, 2.05) is 0 Å². The van der Waals surface area contributed by atoms with Crippen molar-refractivity contribution >= 4 is 34.4 Å². The molecule has 0 fully saturated rings. The minimum atomic E-state index is -5.06. The lowest BCUT2D eigenvalue weighted by atomic mass is 10.1. The third-order valence-electron chi connectivity index (χ3n) is 2.86. The summed E-state index contributed by atoms with van der Waals surface area (Å²) in [5.41, 5.74) is -4.01. The topological polar surface area (TPSA) is 70.6 Å². The lowest BCUT2D eigenvalue weighted by molar-refractivity contribution is -0.143. The molecule has 1 aliphatic heterocycles. The minimum Gasteiger partial charge on any atom is -0.318 e. The average Bonchev–Trinajstić information content (AvgIpc) is 2.98. The fourth-order valence-electron chi connectivity index (χ4n) is 1.78. The molecule has 0 aliphatic carbocycles. The van der Waals surface area contributed by atoms with Crippen LogP contribution in [0.1, 0.15) is 11.1 Å². The van der Waals surface area contributed by atoms with E-state index in [1.165, 1.54) is 0 Å². The highest BCUT2D eigenvalue weighted by atomic mass is 32.2. The van der Waals surface area contributed by atoms with Crippen LogP contribution < -0.4 is 10.6 Å². The van der Waals surface area contributed by atoms with Gasteiger partial charge in [-0.3, -0.25) is 19.9 Å². The van der Waals surface area contributed by atoms with Crippen molar-refractivity contribution in [1.29, 1.82) is 0 Å². The van der Waals surface area contributed by atoms with Crippen LogP contribution in [0.3, 0.4) is 0 Å². The van der Waals surface area contributed by atoms with E-state index in [1.54, 1.807) is 5.32 Å². The molecule has 1 heterocycles. The second-order valence-corrected chi connectivity index (χ2v) is 5.82. The lowest BCUT2D eigenvalue weighted by Crippen LogP contribution is -2.37. The molecule has 0 saturated heterocycles. The Balaban J connectivity index is 2.22. The van der Waals surface area contributed by atoms with Gasteiger partial charge in [-0.1, -0.05) is 11.8 Å². The van der Waals surface area contributed by atoms with Gasteiger partial charge in [-0.05, 0) is 18.2 Å². The summed E-state index contributed by atoms with van der Waals surface area (Å²) >= 11 is 1.15. The summed E-state index contributed by atoms with van der Waals surface area (Å²) in [7, 11) is 0. The molecule has 0 unspecified atom stereocenters. The summed E-state index contributed by atoms with van der Waals surface area (Å²) in [6.07, 6.45) is -10.1. The number of amidine groups is 1. The number of thioether (sulfide) groups is 1. The van der Waals surface area contributed by atoms with E-state index in [-0.39, 0.29) is 11.2 Å². The Kier molecular flexibility index (Phi) is 5.30. The Morgan fingerprint density at radius 2 is 1.44 bits per heavy atom. The first-order chi connectivity index (χ1) is 11.5. The zero-order valence-electron chi connectivity index (χ0n) is 12.1. The molecule has 5 nitrogen and oxygen atoms in total. The van der Waals surface area contributed by atoms with Crippen molar-refractivity contribution in [3.05, 3.63) is 29.3 Å². The Morgan fingerprint density at radius 1 is 0.920 bits per heavy atom. The van der Waals surface area contributed by atoms with Crippen LogP contribution in [0.5, 0.6) is 0 Å². The van der Waals surface area contributed by atoms with Crippen LogP contribution in [0.15, 0.2) is 23.2 Å². The molecule has 2 N–H and O–H groups in total. The van der Waals surface area contributed by atoms with Crippen LogP contribution in [-0.2, 0) is 21.9 Å². The highest BCUT2D eigenvalue weighted by molar-refractivity contribution is 8.14. The van der Waals surface area contributed by atoms with E-state index < -0.39 is 41.0 Å². The maximum Gasteiger partial charge on any atom is 0.416 e. The van der Waals surface area contributed by atoms with Crippen molar-refractivity contribution < 1.29 is 35.9 Å². The number of nitrogens with zero attached hydrogens (tertiary/aromatic N) is 1. The number of hydrogen-bond acceptors (Lipinski definition) is 4. The Bertz CT molecular complexity index is 697. The van der Waals surface area contributed by atoms with E-state index >= 15 is 0 Å². The number of carbonyl (C=O) groups excluding carboxylic acids is 2. The van der Waals surface area contributed by atoms with Crippen LogP contribution in [-0.4, -0.2) is 29.3 Å². The number of benzene rings is 1. The van der Waals surface area contributed by atoms with Gasteiger partial charge in [0, 0.05) is 11.4 Å². The molecule has 0 radical (unpaired) electrons. The van der Waals surface area contributed by atoms with Crippen LogP contribution in [0.25, 0.3) is 0 Å². The molecule has 0 saturated carbocycles. The normalized spacial score (nSPS) is 14.9. The molecule has 0 aromatic heterocycles. The molecule has 1 aliphatic rings. The highest BCUT2D eigenvalue weighted by Gasteiger charge is 2.37. The smallest absolute Gasteiger partial charge is 0.318 e. The molecule has 136 valence electrons. The third-order valence-corrected chi connectivity index (χ3v) is 3.75. The van der Waals surface area contributed by atoms with Crippen molar-refractivity contribution in [1.82, 2.24) is 5.32 Å². The van der Waals surface area contributed by atoms with Gasteiger partial charge in [0.1, 0.15) is 0 Å². The molecule has 0 atom stereocenters. The van der Waals surface area contributed by atoms with E-state index in [0.717, 1.165) is 11.8 Å². The SMILES string of the molecule is O=C(NC1=NCCS1)C(=O)Nc1cc(C(F)(F)F)cc(C(F)(F)F)c1. The second kappa shape index (κ2) is 6.94. The predicted molar refractivity (Wildman–Crippen MR) is 78.0 cm³/mol. The maximum atomic E-state index is 12.7. The quantitative estimate of drug-likeness (QED) is 0.577. The zero-order chi connectivity index (χ0) is 18.8. The molecule has 1 aromatic carbocycles. The fraction of sp³-hybridized carbons (Fsp3) is 0.308. The first-order valence-electron chi connectivity index (χ1n) is 6.56. The van der Waals surface area contributed by atoms with E-state index in [0.29, 0.717) is 24.4 Å². The molecule has 25 heavy (non-hydrogen) atoms. The van der Waals surface area contributed by atoms with Crippen molar-refractivity contribution in [3.63, 3.8) is 0 Å². The Morgan fingerprint density at radius 3 is 1.88 bits per heavy atom. The second-order valence-electron chi connectivity index (χ2n) is 4.74. The van der Waals surface area contributed by atoms with Gasteiger partial charge in [0.25, 0.3) is 0 Å². The number of alkyl halides is 6. The average molecular weight is 385 g/mol. The van der Waals surface area contributed by atoms with E-state index in [9.17, 15) is 35.9 Å². The molecule has 1 aromatic rings. The van der Waals surface area contributed by atoms with Gasteiger partial charge in [0.2, 0.25) is 0 Å². The zero-order valence-corrected chi connectivity index (χ0v) is 12.9. The largest absolute Gasteiger partial charge is 0.416 e. The van der Waals surface area contributed by atoms with Crippen molar-refractivity contribution in [2.75, 3.05) is 17.6 Å². The number of amides is 2. The number of halogens is 6. The molecular weight excluding hydrogens is 376 g/mol. The van der Waals surface area contributed by atoms with E-state index in [2.05, 4.69) is 10.3 Å². The third kappa shape index (κ3) is 5.11. The summed E-state index contributed by atoms with van der Waals surface area (Å²) in [6.45, 7) is 0.421. The van der Waals surface area contributed by atoms with Crippen molar-refractivity contribution in [3.8, 4) is 0 Å². The van der Waals surface area contributed by atoms with Gasteiger partial charge in [-0.2, -0.15) is 26.3 Å². The van der Waals surface area contributed by atoms with Crippen LogP contribution in [0.4, 0.5) is 32.0 Å². The van der Waals surface area contributed by atoms with Gasteiger partial charge in [-0.15, -0.1) is 0 Å². The number of carbonyl (C=O) groups is 2. The van der Waals surface area contributed by atoms with Gasteiger partial charge >= 0.3 is 24.2 Å². The molecule has 0 spiro atoms. The van der Waals surface area contributed by atoms with Gasteiger partial charge in [-0.25, -0.2) is 0 Å². The molecule has 0 bridgehead atoms. The molecule has 12 heteroatoms. The van der Waals surface area contributed by atoms with Gasteiger partial charge < -0.3 is 5.32 Å². The summed E-state index contributed by atoms with van der Waals surface area (Å²) in [5, 5.41) is 3.98. The minimum absolute atomic E-state index is 0.0837. The summed E-state index contributed by atoms with van der Waals surface area (Å²) < 4.78 is 76.3. The van der Waals surface area contributed by atoms with E-state index in [4.69, 9.17) is 0 Å². The molecule has 2 rings (SSSR count). The summed E-state index contributed by atoms with van der Waals surface area (Å²) in [6, 6.07) is 0.532. The van der Waals surface area contributed by atoms with Crippen molar-refractivity contribution in [2.24, 2.45) is 4.99 Å². The fourth-order valence-corrected chi connectivity index (χ4v) is 2.50. The Labute approximate surface area is 140 Å². The molecule has 2 amide bonds. The van der Waals surface area contributed by atoms with Gasteiger partial charge in [0.15, 0.2) is 5.17 Å². The number of rotatable bonds is 1. The number of anilines is 1. The summed E-state index contributed by atoms with van der Waals surface area (Å²) in [5.74, 6) is -2.08. The predicted octanol–water partition coefficient (Wildman–Crippen LogP) is 2.88. The lowest BCUT2D eigenvalue weighted by Gasteiger charge is -2.14.